The molecule has 0 unspecified atom stereocenters. The first kappa shape index (κ1) is 12.0. The van der Waals surface area contributed by atoms with Crippen molar-refractivity contribution in [2.75, 3.05) is 13.6 Å². The zero-order valence-corrected chi connectivity index (χ0v) is 9.75. The maximum Gasteiger partial charge on any atom is 0.242 e. The van der Waals surface area contributed by atoms with E-state index in [1.807, 2.05) is 6.92 Å². The lowest BCUT2D eigenvalue weighted by Gasteiger charge is -2.28. The van der Waals surface area contributed by atoms with Crippen molar-refractivity contribution in [2.45, 2.75) is 45.4 Å². The molecule has 84 valence electrons. The Morgan fingerprint density at radius 1 is 1.33 bits per heavy atom. The first-order chi connectivity index (χ1) is 7.16. The summed E-state index contributed by atoms with van der Waals surface area (Å²) in [5, 5.41) is 9.28. The molecule has 0 aliphatic heterocycles. The highest BCUT2D eigenvalue weighted by Crippen LogP contribution is 2.35. The highest BCUT2D eigenvalue weighted by Gasteiger charge is 2.40. The van der Waals surface area contributed by atoms with E-state index in [0.717, 1.165) is 38.5 Å². The van der Waals surface area contributed by atoms with E-state index in [4.69, 9.17) is 0 Å². The van der Waals surface area contributed by atoms with Gasteiger partial charge in [0, 0.05) is 13.6 Å². The second-order valence-corrected chi connectivity index (χ2v) is 4.43. The van der Waals surface area contributed by atoms with Crippen molar-refractivity contribution >= 4 is 5.91 Å². The average Bonchev–Trinajstić information content (AvgIpc) is 2.53. The van der Waals surface area contributed by atoms with Crippen LogP contribution in [0, 0.1) is 16.7 Å². The van der Waals surface area contributed by atoms with Gasteiger partial charge in [-0.25, -0.2) is 0 Å². The van der Waals surface area contributed by atoms with Crippen LogP contribution in [0.2, 0.25) is 0 Å². The molecule has 0 aromatic heterocycles. The lowest BCUT2D eigenvalue weighted by molar-refractivity contribution is -0.138. The fourth-order valence-corrected chi connectivity index (χ4v) is 2.21. The van der Waals surface area contributed by atoms with E-state index in [1.54, 1.807) is 11.9 Å². The van der Waals surface area contributed by atoms with Gasteiger partial charge >= 0.3 is 0 Å². The third-order valence-electron chi connectivity index (χ3n) is 3.40. The zero-order chi connectivity index (χ0) is 11.3. The van der Waals surface area contributed by atoms with Gasteiger partial charge in [0.25, 0.3) is 0 Å². The van der Waals surface area contributed by atoms with E-state index in [0.29, 0.717) is 6.54 Å². The summed E-state index contributed by atoms with van der Waals surface area (Å²) in [6, 6.07) is 2.28. The van der Waals surface area contributed by atoms with Crippen LogP contribution in [0.3, 0.4) is 0 Å². The van der Waals surface area contributed by atoms with Gasteiger partial charge in [0.1, 0.15) is 5.41 Å². The van der Waals surface area contributed by atoms with Crippen molar-refractivity contribution in [2.24, 2.45) is 5.41 Å². The van der Waals surface area contributed by atoms with Crippen molar-refractivity contribution in [3.63, 3.8) is 0 Å². The molecular weight excluding hydrogens is 188 g/mol. The highest BCUT2D eigenvalue weighted by atomic mass is 16.2. The van der Waals surface area contributed by atoms with Crippen molar-refractivity contribution < 1.29 is 4.79 Å². The standard InChI is InChI=1S/C12H20N2O/c1-3-14(2)11(15)12(10-13)8-6-4-5-7-9-12/h3-9H2,1-2H3. The van der Waals surface area contributed by atoms with E-state index >= 15 is 0 Å². The predicted octanol–water partition coefficient (Wildman–Crippen LogP) is 2.33. The van der Waals surface area contributed by atoms with Crippen LogP contribution in [0.5, 0.6) is 0 Å². The maximum atomic E-state index is 12.1. The molecule has 0 radical (unpaired) electrons. The zero-order valence-electron chi connectivity index (χ0n) is 9.75. The van der Waals surface area contributed by atoms with Gasteiger partial charge in [0.2, 0.25) is 5.91 Å². The summed E-state index contributed by atoms with van der Waals surface area (Å²) < 4.78 is 0. The molecule has 1 rings (SSSR count). The number of carbonyl (C=O) groups excluding carboxylic acids is 1. The molecule has 15 heavy (non-hydrogen) atoms. The van der Waals surface area contributed by atoms with Gasteiger partial charge in [0.05, 0.1) is 6.07 Å². The van der Waals surface area contributed by atoms with Crippen LogP contribution in [-0.2, 0) is 4.79 Å². The van der Waals surface area contributed by atoms with Crippen LogP contribution in [-0.4, -0.2) is 24.4 Å². The molecule has 1 amide bonds. The van der Waals surface area contributed by atoms with Crippen LogP contribution in [0.1, 0.15) is 45.4 Å². The smallest absolute Gasteiger partial charge is 0.242 e. The fourth-order valence-electron chi connectivity index (χ4n) is 2.21. The largest absolute Gasteiger partial charge is 0.345 e. The van der Waals surface area contributed by atoms with E-state index in [-0.39, 0.29) is 5.91 Å². The molecule has 1 aliphatic rings. The molecule has 0 heterocycles. The van der Waals surface area contributed by atoms with E-state index in [1.165, 1.54) is 0 Å². The third kappa shape index (κ3) is 2.50. The Bertz CT molecular complexity index is 259. The SMILES string of the molecule is CCN(C)C(=O)C1(C#N)CCCCCC1. The van der Waals surface area contributed by atoms with Crippen molar-refractivity contribution in [3.8, 4) is 6.07 Å². The van der Waals surface area contributed by atoms with Crippen LogP contribution in [0.4, 0.5) is 0 Å². The van der Waals surface area contributed by atoms with Gasteiger partial charge < -0.3 is 4.90 Å². The van der Waals surface area contributed by atoms with Crippen molar-refractivity contribution in [1.82, 2.24) is 4.90 Å². The number of hydrogen-bond acceptors (Lipinski definition) is 2. The molecular formula is C12H20N2O. The normalized spacial score (nSPS) is 20.1. The average molecular weight is 208 g/mol. The van der Waals surface area contributed by atoms with E-state index in [2.05, 4.69) is 6.07 Å². The molecule has 1 aliphatic carbocycles. The molecule has 0 bridgehead atoms. The van der Waals surface area contributed by atoms with Gasteiger partial charge in [-0.2, -0.15) is 5.26 Å². The minimum atomic E-state index is -0.721. The number of carbonyl (C=O) groups is 1. The lowest BCUT2D eigenvalue weighted by Crippen LogP contribution is -2.41. The van der Waals surface area contributed by atoms with Crippen molar-refractivity contribution in [1.29, 1.82) is 5.26 Å². The van der Waals surface area contributed by atoms with Gasteiger partial charge in [-0.3, -0.25) is 4.79 Å². The molecule has 0 spiro atoms. The van der Waals surface area contributed by atoms with Crippen LogP contribution in [0.25, 0.3) is 0 Å². The Morgan fingerprint density at radius 2 is 1.87 bits per heavy atom. The molecule has 0 aromatic rings. The Hall–Kier alpha value is -1.04. The van der Waals surface area contributed by atoms with Crippen molar-refractivity contribution in [3.05, 3.63) is 0 Å². The summed E-state index contributed by atoms with van der Waals surface area (Å²) >= 11 is 0. The lowest BCUT2D eigenvalue weighted by atomic mass is 9.80. The molecule has 0 aromatic carbocycles. The Kier molecular flexibility index (Phi) is 4.14. The summed E-state index contributed by atoms with van der Waals surface area (Å²) in [7, 11) is 1.78. The molecule has 3 heteroatoms. The number of nitriles is 1. The molecule has 0 saturated heterocycles. The third-order valence-corrected chi connectivity index (χ3v) is 3.40. The summed E-state index contributed by atoms with van der Waals surface area (Å²) in [5.74, 6) is 0.0226. The number of hydrogen-bond donors (Lipinski definition) is 0. The summed E-state index contributed by atoms with van der Waals surface area (Å²) in [6.45, 7) is 2.63. The Labute approximate surface area is 92.1 Å². The van der Waals surface area contributed by atoms with Crippen LogP contribution >= 0.6 is 0 Å². The Balaban J connectivity index is 2.83. The first-order valence-electron chi connectivity index (χ1n) is 5.83. The fraction of sp³-hybridized carbons (Fsp3) is 0.833. The summed E-state index contributed by atoms with van der Waals surface area (Å²) in [4.78, 5) is 13.8. The highest BCUT2D eigenvalue weighted by molar-refractivity contribution is 5.85. The molecule has 3 nitrogen and oxygen atoms in total. The minimum absolute atomic E-state index is 0.0226. The second-order valence-electron chi connectivity index (χ2n) is 4.43. The van der Waals surface area contributed by atoms with Crippen LogP contribution in [0.15, 0.2) is 0 Å². The maximum absolute atomic E-state index is 12.1. The Morgan fingerprint density at radius 3 is 2.27 bits per heavy atom. The number of nitrogens with zero attached hydrogens (tertiary/aromatic N) is 2. The first-order valence-corrected chi connectivity index (χ1v) is 5.83. The molecule has 1 saturated carbocycles. The quantitative estimate of drug-likeness (QED) is 0.654. The topological polar surface area (TPSA) is 44.1 Å². The molecule has 0 N–H and O–H groups in total. The number of rotatable bonds is 2. The minimum Gasteiger partial charge on any atom is -0.345 e. The van der Waals surface area contributed by atoms with Gasteiger partial charge in [-0.1, -0.05) is 25.7 Å². The van der Waals surface area contributed by atoms with E-state index in [9.17, 15) is 10.1 Å². The van der Waals surface area contributed by atoms with Crippen LogP contribution < -0.4 is 0 Å². The van der Waals surface area contributed by atoms with Gasteiger partial charge in [-0.05, 0) is 19.8 Å². The van der Waals surface area contributed by atoms with Gasteiger partial charge in [0.15, 0.2) is 0 Å². The monoisotopic (exact) mass is 208 g/mol. The predicted molar refractivity (Wildman–Crippen MR) is 59.1 cm³/mol. The summed E-state index contributed by atoms with van der Waals surface area (Å²) in [5.41, 5.74) is -0.721. The molecule has 0 atom stereocenters. The molecule has 1 fully saturated rings. The van der Waals surface area contributed by atoms with E-state index < -0.39 is 5.41 Å². The number of amides is 1. The van der Waals surface area contributed by atoms with Gasteiger partial charge in [-0.15, -0.1) is 0 Å². The second kappa shape index (κ2) is 5.16. The summed E-state index contributed by atoms with van der Waals surface area (Å²) in [6.07, 6.45) is 5.83.